The van der Waals surface area contributed by atoms with Crippen LogP contribution in [0.4, 0.5) is 0 Å². The lowest BCUT2D eigenvalue weighted by molar-refractivity contribution is 0.0633. The Labute approximate surface area is 99.0 Å². The summed E-state index contributed by atoms with van der Waals surface area (Å²) in [5.41, 5.74) is 1.36. The molecule has 0 amide bonds. The average molecular weight is 221 g/mol. The van der Waals surface area contributed by atoms with E-state index in [1.807, 2.05) is 7.05 Å². The molecule has 0 saturated carbocycles. The Morgan fingerprint density at radius 1 is 1.25 bits per heavy atom. The monoisotopic (exact) mass is 221 g/mol. The molecular weight excluding hydrogens is 198 g/mol. The van der Waals surface area contributed by atoms with Crippen LogP contribution in [0.25, 0.3) is 0 Å². The molecule has 0 aliphatic heterocycles. The van der Waals surface area contributed by atoms with Gasteiger partial charge in [-0.2, -0.15) is 0 Å². The highest BCUT2D eigenvalue weighted by molar-refractivity contribution is 5.16. The number of hydrogen-bond acceptors (Lipinski definition) is 2. The molecule has 16 heavy (non-hydrogen) atoms. The minimum atomic E-state index is 0.301. The lowest BCUT2D eigenvalue weighted by Gasteiger charge is -2.25. The molecule has 2 unspecified atom stereocenters. The van der Waals surface area contributed by atoms with Gasteiger partial charge < -0.3 is 10.1 Å². The van der Waals surface area contributed by atoms with Crippen LogP contribution in [0, 0.1) is 0 Å². The second kappa shape index (κ2) is 7.42. The molecule has 1 N–H and O–H groups in total. The van der Waals surface area contributed by atoms with E-state index in [9.17, 15) is 0 Å². The van der Waals surface area contributed by atoms with Crippen LogP contribution >= 0.6 is 0 Å². The van der Waals surface area contributed by atoms with Crippen LogP contribution in [0.1, 0.15) is 25.3 Å². The lowest BCUT2D eigenvalue weighted by atomic mass is 9.98. The van der Waals surface area contributed by atoms with Crippen molar-refractivity contribution in [3.8, 4) is 0 Å². The highest BCUT2D eigenvalue weighted by Crippen LogP contribution is 2.12. The zero-order valence-electron chi connectivity index (χ0n) is 10.6. The average Bonchev–Trinajstić information content (AvgIpc) is 2.35. The predicted octanol–water partition coefficient (Wildman–Crippen LogP) is 2.63. The molecule has 0 fully saturated rings. The van der Waals surface area contributed by atoms with Crippen molar-refractivity contribution in [3.63, 3.8) is 0 Å². The quantitative estimate of drug-likeness (QED) is 0.764. The van der Waals surface area contributed by atoms with Crippen LogP contribution in [0.3, 0.4) is 0 Å². The first-order valence-electron chi connectivity index (χ1n) is 6.05. The van der Waals surface area contributed by atoms with E-state index in [4.69, 9.17) is 4.74 Å². The molecule has 0 bridgehead atoms. The van der Waals surface area contributed by atoms with Gasteiger partial charge in [0.05, 0.1) is 6.10 Å². The van der Waals surface area contributed by atoms with Gasteiger partial charge in [0.2, 0.25) is 0 Å². The number of hydrogen-bond donors (Lipinski definition) is 1. The summed E-state index contributed by atoms with van der Waals surface area (Å²) in [4.78, 5) is 0. The Morgan fingerprint density at radius 3 is 2.44 bits per heavy atom. The van der Waals surface area contributed by atoms with E-state index in [1.165, 1.54) is 5.56 Å². The van der Waals surface area contributed by atoms with Gasteiger partial charge >= 0.3 is 0 Å². The highest BCUT2D eigenvalue weighted by atomic mass is 16.5. The van der Waals surface area contributed by atoms with Gasteiger partial charge in [0, 0.05) is 13.2 Å². The third-order valence-electron chi connectivity index (χ3n) is 2.99. The number of benzene rings is 1. The van der Waals surface area contributed by atoms with Crippen molar-refractivity contribution >= 4 is 0 Å². The molecule has 1 rings (SSSR count). The number of likely N-dealkylation sites (N-methyl/N-ethyl adjacent to an activating group) is 1. The standard InChI is InChI=1S/C14H23NO/c1-4-8-14(16-3)13(15-2)11-12-9-6-5-7-10-12/h5-7,9-10,13-15H,4,8,11H2,1-3H3. The summed E-state index contributed by atoms with van der Waals surface area (Å²) in [6, 6.07) is 11.0. The van der Waals surface area contributed by atoms with E-state index in [0.717, 1.165) is 19.3 Å². The topological polar surface area (TPSA) is 21.3 Å². The summed E-state index contributed by atoms with van der Waals surface area (Å²) in [5, 5.41) is 3.36. The fourth-order valence-electron chi connectivity index (χ4n) is 2.06. The van der Waals surface area contributed by atoms with Crippen LogP contribution in [-0.4, -0.2) is 26.3 Å². The van der Waals surface area contributed by atoms with E-state index in [0.29, 0.717) is 12.1 Å². The molecule has 0 spiro atoms. The maximum atomic E-state index is 5.55. The summed E-state index contributed by atoms with van der Waals surface area (Å²) >= 11 is 0. The summed E-state index contributed by atoms with van der Waals surface area (Å²) in [5.74, 6) is 0. The molecule has 2 atom stereocenters. The minimum Gasteiger partial charge on any atom is -0.380 e. The summed E-state index contributed by atoms with van der Waals surface area (Å²) in [6.45, 7) is 2.20. The van der Waals surface area contributed by atoms with Gasteiger partial charge in [0.15, 0.2) is 0 Å². The molecule has 2 heteroatoms. The van der Waals surface area contributed by atoms with Gasteiger partial charge in [-0.25, -0.2) is 0 Å². The molecule has 1 aromatic rings. The van der Waals surface area contributed by atoms with Gasteiger partial charge in [0.25, 0.3) is 0 Å². The Morgan fingerprint density at radius 2 is 1.94 bits per heavy atom. The molecule has 0 aliphatic carbocycles. The molecule has 0 aromatic heterocycles. The summed E-state index contributed by atoms with van der Waals surface area (Å²) < 4.78 is 5.55. The second-order valence-electron chi connectivity index (χ2n) is 4.15. The maximum absolute atomic E-state index is 5.55. The van der Waals surface area contributed by atoms with Crippen LogP contribution < -0.4 is 5.32 Å². The van der Waals surface area contributed by atoms with Crippen molar-refractivity contribution in [3.05, 3.63) is 35.9 Å². The highest BCUT2D eigenvalue weighted by Gasteiger charge is 2.18. The molecule has 90 valence electrons. The van der Waals surface area contributed by atoms with Crippen molar-refractivity contribution in [1.82, 2.24) is 5.32 Å². The predicted molar refractivity (Wildman–Crippen MR) is 68.7 cm³/mol. The van der Waals surface area contributed by atoms with E-state index in [2.05, 4.69) is 42.6 Å². The van der Waals surface area contributed by atoms with Crippen LogP contribution in [-0.2, 0) is 11.2 Å². The normalized spacial score (nSPS) is 14.7. The number of rotatable bonds is 7. The largest absolute Gasteiger partial charge is 0.380 e. The van der Waals surface area contributed by atoms with Crippen molar-refractivity contribution in [2.24, 2.45) is 0 Å². The summed E-state index contributed by atoms with van der Waals surface area (Å²) in [7, 11) is 3.81. The lowest BCUT2D eigenvalue weighted by Crippen LogP contribution is -2.40. The molecule has 0 heterocycles. The minimum absolute atomic E-state index is 0.301. The van der Waals surface area contributed by atoms with Gasteiger partial charge in [0.1, 0.15) is 0 Å². The maximum Gasteiger partial charge on any atom is 0.0727 e. The third kappa shape index (κ3) is 3.95. The molecular formula is C14H23NO. The van der Waals surface area contributed by atoms with Gasteiger partial charge in [-0.15, -0.1) is 0 Å². The van der Waals surface area contributed by atoms with Gasteiger partial charge in [-0.3, -0.25) is 0 Å². The zero-order valence-corrected chi connectivity index (χ0v) is 10.6. The van der Waals surface area contributed by atoms with Gasteiger partial charge in [-0.1, -0.05) is 43.7 Å². The van der Waals surface area contributed by atoms with E-state index in [1.54, 1.807) is 7.11 Å². The van der Waals surface area contributed by atoms with Crippen LogP contribution in [0.5, 0.6) is 0 Å². The molecule has 0 aliphatic rings. The van der Waals surface area contributed by atoms with Crippen molar-refractivity contribution in [2.75, 3.05) is 14.2 Å². The number of ether oxygens (including phenoxy) is 1. The smallest absolute Gasteiger partial charge is 0.0727 e. The number of methoxy groups -OCH3 is 1. The van der Waals surface area contributed by atoms with Gasteiger partial charge in [-0.05, 0) is 25.5 Å². The Balaban J connectivity index is 2.60. The zero-order chi connectivity index (χ0) is 11.8. The second-order valence-corrected chi connectivity index (χ2v) is 4.15. The first kappa shape index (κ1) is 13.2. The van der Waals surface area contributed by atoms with E-state index in [-0.39, 0.29) is 0 Å². The van der Waals surface area contributed by atoms with Crippen LogP contribution in [0.15, 0.2) is 30.3 Å². The fourth-order valence-corrected chi connectivity index (χ4v) is 2.06. The fraction of sp³-hybridized carbons (Fsp3) is 0.571. The molecule has 2 nitrogen and oxygen atoms in total. The van der Waals surface area contributed by atoms with Crippen molar-refractivity contribution in [1.29, 1.82) is 0 Å². The first-order chi connectivity index (χ1) is 7.81. The Bertz CT molecular complexity index is 273. The van der Waals surface area contributed by atoms with Crippen molar-refractivity contribution in [2.45, 2.75) is 38.3 Å². The molecule has 1 aromatic carbocycles. The number of nitrogens with one attached hydrogen (secondary N) is 1. The molecule has 0 saturated heterocycles. The SMILES string of the molecule is CCCC(OC)C(Cc1ccccc1)NC. The Kier molecular flexibility index (Phi) is 6.12. The molecule has 0 radical (unpaired) electrons. The summed E-state index contributed by atoms with van der Waals surface area (Å²) in [6.07, 6.45) is 3.59. The van der Waals surface area contributed by atoms with Crippen LogP contribution in [0.2, 0.25) is 0 Å². The Hall–Kier alpha value is -0.860. The van der Waals surface area contributed by atoms with E-state index >= 15 is 0 Å². The third-order valence-corrected chi connectivity index (χ3v) is 2.99. The van der Waals surface area contributed by atoms with Crippen molar-refractivity contribution < 1.29 is 4.74 Å². The van der Waals surface area contributed by atoms with E-state index < -0.39 is 0 Å². The first-order valence-corrected chi connectivity index (χ1v) is 6.05.